The van der Waals surface area contributed by atoms with Crippen molar-refractivity contribution in [3.8, 4) is 0 Å². The lowest BCUT2D eigenvalue weighted by Crippen LogP contribution is -2.24. The lowest BCUT2D eigenvalue weighted by atomic mass is 9.95. The number of imidazole rings is 1. The van der Waals surface area contributed by atoms with Crippen molar-refractivity contribution in [1.82, 2.24) is 19.5 Å². The second kappa shape index (κ2) is 3.73. The van der Waals surface area contributed by atoms with Gasteiger partial charge < -0.3 is 4.98 Å². The molecule has 1 aliphatic rings. The molecular weight excluding hydrogens is 204 g/mol. The molecule has 0 bridgehead atoms. The molecule has 1 aliphatic carbocycles. The molecule has 84 valence electrons. The van der Waals surface area contributed by atoms with Gasteiger partial charge in [-0.1, -0.05) is 19.3 Å². The van der Waals surface area contributed by atoms with Gasteiger partial charge in [0.05, 0.1) is 6.20 Å². The van der Waals surface area contributed by atoms with E-state index in [0.717, 1.165) is 24.0 Å². The van der Waals surface area contributed by atoms with Gasteiger partial charge in [-0.15, -0.1) is 0 Å². The number of aromatic amines is 1. The van der Waals surface area contributed by atoms with Gasteiger partial charge in [-0.25, -0.2) is 14.8 Å². The van der Waals surface area contributed by atoms with E-state index in [-0.39, 0.29) is 5.69 Å². The van der Waals surface area contributed by atoms with Crippen LogP contribution in [0.5, 0.6) is 0 Å². The fraction of sp³-hybridized carbons (Fsp3) is 0.545. The highest BCUT2D eigenvalue weighted by Crippen LogP contribution is 2.28. The highest BCUT2D eigenvalue weighted by atomic mass is 16.1. The van der Waals surface area contributed by atoms with Crippen molar-refractivity contribution in [3.63, 3.8) is 0 Å². The van der Waals surface area contributed by atoms with Gasteiger partial charge in [0.15, 0.2) is 5.65 Å². The average molecular weight is 218 g/mol. The number of H-pyrrole nitrogens is 1. The van der Waals surface area contributed by atoms with Gasteiger partial charge in [0.25, 0.3) is 0 Å². The summed E-state index contributed by atoms with van der Waals surface area (Å²) in [5.74, 6) is 0. The van der Waals surface area contributed by atoms with E-state index in [2.05, 4.69) is 15.0 Å². The zero-order valence-electron chi connectivity index (χ0n) is 9.02. The molecule has 0 spiro atoms. The molecule has 16 heavy (non-hydrogen) atoms. The maximum atomic E-state index is 11.9. The Morgan fingerprint density at radius 3 is 2.94 bits per heavy atom. The molecular formula is C11H14N4O. The molecule has 5 heteroatoms. The average Bonchev–Trinajstić information content (AvgIpc) is 2.66. The first-order valence-corrected chi connectivity index (χ1v) is 5.76. The van der Waals surface area contributed by atoms with E-state index in [4.69, 9.17) is 0 Å². The van der Waals surface area contributed by atoms with Gasteiger partial charge >= 0.3 is 5.69 Å². The summed E-state index contributed by atoms with van der Waals surface area (Å²) in [4.78, 5) is 22.8. The third-order valence-corrected chi connectivity index (χ3v) is 3.32. The van der Waals surface area contributed by atoms with Crippen molar-refractivity contribution in [2.75, 3.05) is 0 Å². The van der Waals surface area contributed by atoms with Crippen LogP contribution in [0.25, 0.3) is 11.2 Å². The minimum atomic E-state index is -0.0533. The molecule has 0 saturated heterocycles. The maximum Gasteiger partial charge on any atom is 0.327 e. The van der Waals surface area contributed by atoms with E-state index in [1.54, 1.807) is 10.8 Å². The van der Waals surface area contributed by atoms with Crippen LogP contribution in [0.4, 0.5) is 0 Å². The van der Waals surface area contributed by atoms with Crippen LogP contribution in [0, 0.1) is 0 Å². The summed E-state index contributed by atoms with van der Waals surface area (Å²) in [6.45, 7) is 0. The van der Waals surface area contributed by atoms with Gasteiger partial charge in [0.1, 0.15) is 11.8 Å². The minimum Gasteiger partial charge on any atom is -0.303 e. The van der Waals surface area contributed by atoms with Crippen LogP contribution in [-0.2, 0) is 0 Å². The number of hydrogen-bond donors (Lipinski definition) is 1. The van der Waals surface area contributed by atoms with Crippen molar-refractivity contribution in [2.24, 2.45) is 0 Å². The molecule has 0 radical (unpaired) electrons. The van der Waals surface area contributed by atoms with E-state index >= 15 is 0 Å². The fourth-order valence-electron chi connectivity index (χ4n) is 2.55. The largest absolute Gasteiger partial charge is 0.327 e. The highest BCUT2D eigenvalue weighted by Gasteiger charge is 2.20. The summed E-state index contributed by atoms with van der Waals surface area (Å²) in [5, 5.41) is 0. The van der Waals surface area contributed by atoms with E-state index in [1.165, 1.54) is 25.6 Å². The van der Waals surface area contributed by atoms with Crippen molar-refractivity contribution in [2.45, 2.75) is 38.1 Å². The zero-order chi connectivity index (χ0) is 11.0. The molecule has 0 aromatic carbocycles. The van der Waals surface area contributed by atoms with Gasteiger partial charge in [0, 0.05) is 6.04 Å². The molecule has 1 fully saturated rings. The molecule has 1 saturated carbocycles. The van der Waals surface area contributed by atoms with Crippen LogP contribution < -0.4 is 5.69 Å². The Bertz CT molecular complexity index is 550. The topological polar surface area (TPSA) is 63.6 Å². The smallest absolute Gasteiger partial charge is 0.303 e. The molecule has 2 aromatic heterocycles. The zero-order valence-corrected chi connectivity index (χ0v) is 9.02. The Morgan fingerprint density at radius 2 is 2.12 bits per heavy atom. The van der Waals surface area contributed by atoms with Crippen LogP contribution in [0.2, 0.25) is 0 Å². The van der Waals surface area contributed by atoms with Crippen molar-refractivity contribution >= 4 is 11.2 Å². The third-order valence-electron chi connectivity index (χ3n) is 3.32. The Kier molecular flexibility index (Phi) is 2.23. The Hall–Kier alpha value is -1.65. The van der Waals surface area contributed by atoms with Crippen LogP contribution in [-0.4, -0.2) is 19.5 Å². The first-order chi connectivity index (χ1) is 7.86. The number of nitrogens with one attached hydrogen (secondary N) is 1. The minimum absolute atomic E-state index is 0.0533. The predicted octanol–water partition coefficient (Wildman–Crippen LogP) is 1.62. The molecule has 0 aliphatic heterocycles. The highest BCUT2D eigenvalue weighted by molar-refractivity contribution is 5.68. The van der Waals surface area contributed by atoms with Crippen LogP contribution in [0.15, 0.2) is 17.3 Å². The number of aromatic nitrogens is 4. The molecule has 0 atom stereocenters. The summed E-state index contributed by atoms with van der Waals surface area (Å²) in [7, 11) is 0. The Labute approximate surface area is 92.5 Å². The van der Waals surface area contributed by atoms with Crippen molar-refractivity contribution in [3.05, 3.63) is 23.0 Å². The first-order valence-electron chi connectivity index (χ1n) is 5.76. The fourth-order valence-corrected chi connectivity index (χ4v) is 2.55. The molecule has 2 aromatic rings. The normalized spacial score (nSPS) is 18.0. The summed E-state index contributed by atoms with van der Waals surface area (Å²) < 4.78 is 1.80. The Morgan fingerprint density at radius 1 is 1.31 bits per heavy atom. The van der Waals surface area contributed by atoms with E-state index in [1.807, 2.05) is 0 Å². The van der Waals surface area contributed by atoms with Crippen molar-refractivity contribution < 1.29 is 0 Å². The van der Waals surface area contributed by atoms with Crippen LogP contribution >= 0.6 is 0 Å². The van der Waals surface area contributed by atoms with Crippen LogP contribution in [0.1, 0.15) is 38.1 Å². The lowest BCUT2D eigenvalue weighted by Gasteiger charge is -2.22. The summed E-state index contributed by atoms with van der Waals surface area (Å²) >= 11 is 0. The summed E-state index contributed by atoms with van der Waals surface area (Å²) in [6, 6.07) is 0.310. The molecule has 3 rings (SSSR count). The second-order valence-corrected chi connectivity index (χ2v) is 4.35. The molecule has 0 unspecified atom stereocenters. The van der Waals surface area contributed by atoms with Gasteiger partial charge in [-0.2, -0.15) is 0 Å². The summed E-state index contributed by atoms with van der Waals surface area (Å²) in [5.41, 5.74) is 1.42. The Balaban J connectivity index is 2.14. The SMILES string of the molecule is O=c1[nH]c2cncnc2n1C1CCCCC1. The van der Waals surface area contributed by atoms with E-state index in [0.29, 0.717) is 6.04 Å². The van der Waals surface area contributed by atoms with Gasteiger partial charge in [0.2, 0.25) is 0 Å². The maximum absolute atomic E-state index is 11.9. The first kappa shape index (κ1) is 9.57. The standard InChI is InChI=1S/C11H14N4O/c16-11-14-9-6-12-7-13-10(9)15(11)8-4-2-1-3-5-8/h6-8H,1-5H2,(H,14,16). The quantitative estimate of drug-likeness (QED) is 0.791. The lowest BCUT2D eigenvalue weighted by molar-refractivity contribution is 0.352. The molecule has 0 amide bonds. The predicted molar refractivity (Wildman–Crippen MR) is 60.3 cm³/mol. The molecule has 5 nitrogen and oxygen atoms in total. The van der Waals surface area contributed by atoms with Gasteiger partial charge in [-0.05, 0) is 12.8 Å². The van der Waals surface area contributed by atoms with Crippen molar-refractivity contribution in [1.29, 1.82) is 0 Å². The summed E-state index contributed by atoms with van der Waals surface area (Å²) in [6.07, 6.45) is 9.00. The van der Waals surface area contributed by atoms with E-state index < -0.39 is 0 Å². The van der Waals surface area contributed by atoms with E-state index in [9.17, 15) is 4.79 Å². The third kappa shape index (κ3) is 1.43. The number of rotatable bonds is 1. The number of fused-ring (bicyclic) bond motifs is 1. The van der Waals surface area contributed by atoms with Gasteiger partial charge in [-0.3, -0.25) is 4.57 Å². The second-order valence-electron chi connectivity index (χ2n) is 4.35. The number of nitrogens with zero attached hydrogens (tertiary/aromatic N) is 3. The van der Waals surface area contributed by atoms with Crippen LogP contribution in [0.3, 0.4) is 0 Å². The monoisotopic (exact) mass is 218 g/mol. The molecule has 2 heterocycles. The molecule has 1 N–H and O–H groups in total. The number of hydrogen-bond acceptors (Lipinski definition) is 3.